The van der Waals surface area contributed by atoms with Gasteiger partial charge in [-0.2, -0.15) is 0 Å². The van der Waals surface area contributed by atoms with Gasteiger partial charge in [-0.15, -0.1) is 0 Å². The van der Waals surface area contributed by atoms with Crippen LogP contribution in [0, 0.1) is 27.7 Å². The molecule has 0 unspecified atom stereocenters. The largest absolute Gasteiger partial charge is 0.398 e. The van der Waals surface area contributed by atoms with Gasteiger partial charge in [0.2, 0.25) is 0 Å². The molecule has 0 aromatic heterocycles. The molecule has 0 bridgehead atoms. The van der Waals surface area contributed by atoms with Crippen LogP contribution in [0.3, 0.4) is 0 Å². The van der Waals surface area contributed by atoms with Crippen molar-refractivity contribution in [2.24, 2.45) is 0 Å². The zero-order valence-electron chi connectivity index (χ0n) is 15.2. The molecule has 2 aromatic rings. The number of rotatable bonds is 2. The highest BCUT2D eigenvalue weighted by Crippen LogP contribution is 2.42. The molecule has 0 spiro atoms. The van der Waals surface area contributed by atoms with Gasteiger partial charge in [0, 0.05) is 10.2 Å². The van der Waals surface area contributed by atoms with Crippen LogP contribution in [0.15, 0.2) is 28.7 Å². The Morgan fingerprint density at radius 2 is 1.00 bits per heavy atom. The van der Waals surface area contributed by atoms with Crippen molar-refractivity contribution in [3.05, 3.63) is 62.1 Å². The van der Waals surface area contributed by atoms with Crippen LogP contribution in [-0.2, 0) is 0 Å². The van der Waals surface area contributed by atoms with E-state index in [1.165, 1.54) is 63.5 Å². The van der Waals surface area contributed by atoms with E-state index in [1.807, 2.05) is 0 Å². The molecule has 0 radical (unpaired) electrons. The number of hydrogen-bond acceptors (Lipinski definition) is 1. The first-order chi connectivity index (χ1) is 11.4. The lowest BCUT2D eigenvalue weighted by Crippen LogP contribution is -1.95. The first kappa shape index (κ1) is 22.8. The van der Waals surface area contributed by atoms with Crippen molar-refractivity contribution in [1.29, 1.82) is 0 Å². The fraction of sp³-hybridized carbons (Fsp3) is 0.500. The molecule has 1 nitrogen and oxygen atoms in total. The third kappa shape index (κ3) is 5.36. The summed E-state index contributed by atoms with van der Waals surface area (Å²) in [5.74, 6) is 1.71. The Labute approximate surface area is 169 Å². The minimum Gasteiger partial charge on any atom is -0.398 e. The second-order valence-corrected chi connectivity index (χ2v) is 8.38. The number of benzene rings is 2. The van der Waals surface area contributed by atoms with E-state index in [1.54, 1.807) is 0 Å². The summed E-state index contributed by atoms with van der Waals surface area (Å²) in [5, 5.41) is 0. The predicted molar refractivity (Wildman–Crippen MR) is 121 cm³/mol. The Kier molecular flexibility index (Phi) is 7.95. The number of aryl methyl sites for hydroxylation is 4. The van der Waals surface area contributed by atoms with Crippen molar-refractivity contribution >= 4 is 21.6 Å². The molecule has 2 aliphatic carbocycles. The number of nitrogens with two attached hydrogens (primary N) is 1. The first-order valence-electron chi connectivity index (χ1n) is 9.00. The van der Waals surface area contributed by atoms with Gasteiger partial charge in [-0.05, 0) is 98.6 Å². The maximum atomic E-state index is 5.87. The minimum atomic E-state index is 0. The van der Waals surface area contributed by atoms with Crippen LogP contribution in [0.25, 0.3) is 0 Å². The van der Waals surface area contributed by atoms with Crippen molar-refractivity contribution in [3.63, 3.8) is 0 Å². The van der Waals surface area contributed by atoms with Gasteiger partial charge in [-0.3, -0.25) is 0 Å². The molecule has 0 atom stereocenters. The van der Waals surface area contributed by atoms with E-state index >= 15 is 0 Å². The summed E-state index contributed by atoms with van der Waals surface area (Å²) in [6.07, 6.45) is 5.51. The van der Waals surface area contributed by atoms with Crippen LogP contribution in [0.5, 0.6) is 0 Å². The van der Waals surface area contributed by atoms with E-state index in [0.717, 1.165) is 17.5 Å². The van der Waals surface area contributed by atoms with Gasteiger partial charge in [0.25, 0.3) is 0 Å². The maximum absolute atomic E-state index is 5.87. The lowest BCUT2D eigenvalue weighted by atomic mass is 10.0. The first-order valence-corrected chi connectivity index (χ1v) is 9.79. The highest BCUT2D eigenvalue weighted by Gasteiger charge is 2.24. The fourth-order valence-electron chi connectivity index (χ4n) is 3.29. The van der Waals surface area contributed by atoms with E-state index in [2.05, 4.69) is 67.9 Å². The Hall–Kier alpha value is -1.28. The summed E-state index contributed by atoms with van der Waals surface area (Å²) >= 11 is 3.58. The van der Waals surface area contributed by atoms with Crippen LogP contribution in [-0.4, -0.2) is 0 Å². The van der Waals surface area contributed by atoms with Gasteiger partial charge >= 0.3 is 0 Å². The van der Waals surface area contributed by atoms with E-state index in [0.29, 0.717) is 0 Å². The molecule has 2 aromatic carbocycles. The highest BCUT2D eigenvalue weighted by atomic mass is 79.9. The number of hydrogen-bond donors (Lipinski definition) is 1. The fourth-order valence-corrected chi connectivity index (χ4v) is 3.52. The Morgan fingerprint density at radius 3 is 1.31 bits per heavy atom. The molecular formula is C24H36BrN. The monoisotopic (exact) mass is 417 g/mol. The normalized spacial score (nSPS) is 15.3. The van der Waals surface area contributed by atoms with Crippen LogP contribution in [0.4, 0.5) is 5.69 Å². The lowest BCUT2D eigenvalue weighted by Gasteiger charge is -2.07. The minimum absolute atomic E-state index is 0. The SMILES string of the molecule is C.C.Cc1cc(C2CC2)cc(C)c1Br.Cc1cc(C2CC2)cc(C)c1N. The number of anilines is 1. The molecule has 2 heteroatoms. The zero-order chi connectivity index (χ0) is 17.4. The second kappa shape index (κ2) is 9.08. The molecule has 0 saturated heterocycles. The van der Waals surface area contributed by atoms with Crippen LogP contribution >= 0.6 is 15.9 Å². The summed E-state index contributed by atoms with van der Waals surface area (Å²) in [4.78, 5) is 0. The number of nitrogen functional groups attached to an aromatic ring is 1. The van der Waals surface area contributed by atoms with Crippen LogP contribution in [0.2, 0.25) is 0 Å². The van der Waals surface area contributed by atoms with Crippen molar-refractivity contribution in [3.8, 4) is 0 Å². The third-order valence-electron chi connectivity index (χ3n) is 5.17. The van der Waals surface area contributed by atoms with Crippen molar-refractivity contribution < 1.29 is 0 Å². The lowest BCUT2D eigenvalue weighted by molar-refractivity contribution is 1.11. The quantitative estimate of drug-likeness (QED) is 0.492. The zero-order valence-corrected chi connectivity index (χ0v) is 16.8. The van der Waals surface area contributed by atoms with Gasteiger partial charge in [-0.1, -0.05) is 55.0 Å². The molecule has 0 heterocycles. The Balaban J connectivity index is 0.000000241. The maximum Gasteiger partial charge on any atom is 0.0373 e. The molecule has 2 fully saturated rings. The van der Waals surface area contributed by atoms with Gasteiger partial charge < -0.3 is 5.73 Å². The summed E-state index contributed by atoms with van der Waals surface area (Å²) in [6, 6.07) is 9.10. The molecule has 2 aliphatic rings. The summed E-state index contributed by atoms with van der Waals surface area (Å²) in [6.45, 7) is 8.52. The molecule has 144 valence electrons. The van der Waals surface area contributed by atoms with Gasteiger partial charge in [0.1, 0.15) is 0 Å². The molecule has 2 saturated carbocycles. The standard InChI is InChI=1S/C11H13Br.C11H15N.2CH4/c2*1-7-5-10(9-3-4-9)6-8(2)11(7)12;;/h5-6,9H,3-4H2,1-2H3;5-6,9H,3-4,12H2,1-2H3;2*1H4. The van der Waals surface area contributed by atoms with Crippen molar-refractivity contribution in [2.75, 3.05) is 5.73 Å². The molecule has 4 rings (SSSR count). The van der Waals surface area contributed by atoms with E-state index < -0.39 is 0 Å². The number of halogens is 1. The summed E-state index contributed by atoms with van der Waals surface area (Å²) in [7, 11) is 0. The molecule has 26 heavy (non-hydrogen) atoms. The molecular weight excluding hydrogens is 382 g/mol. The van der Waals surface area contributed by atoms with Crippen molar-refractivity contribution in [1.82, 2.24) is 0 Å². The van der Waals surface area contributed by atoms with E-state index in [-0.39, 0.29) is 14.9 Å². The average molecular weight is 418 g/mol. The summed E-state index contributed by atoms with van der Waals surface area (Å²) < 4.78 is 1.27. The Bertz CT molecular complexity index is 643. The van der Waals surface area contributed by atoms with E-state index in [9.17, 15) is 0 Å². The van der Waals surface area contributed by atoms with Gasteiger partial charge in [-0.25, -0.2) is 0 Å². The topological polar surface area (TPSA) is 26.0 Å². The predicted octanol–water partition coefficient (Wildman–Crippen LogP) is 7.98. The smallest absolute Gasteiger partial charge is 0.0373 e. The third-order valence-corrected chi connectivity index (χ3v) is 6.42. The Morgan fingerprint density at radius 1 is 0.692 bits per heavy atom. The van der Waals surface area contributed by atoms with Gasteiger partial charge in [0.05, 0.1) is 0 Å². The summed E-state index contributed by atoms with van der Waals surface area (Å²) in [5.41, 5.74) is 15.1. The molecule has 0 aliphatic heterocycles. The van der Waals surface area contributed by atoms with Gasteiger partial charge in [0.15, 0.2) is 0 Å². The molecule has 0 amide bonds. The molecule has 2 N–H and O–H groups in total. The van der Waals surface area contributed by atoms with Crippen LogP contribution in [0.1, 0.15) is 85.8 Å². The average Bonchev–Trinajstić information content (AvgIpc) is 3.40. The highest BCUT2D eigenvalue weighted by molar-refractivity contribution is 9.10. The van der Waals surface area contributed by atoms with Crippen molar-refractivity contribution in [2.45, 2.75) is 80.1 Å². The van der Waals surface area contributed by atoms with E-state index in [4.69, 9.17) is 5.73 Å². The van der Waals surface area contributed by atoms with Crippen LogP contribution < -0.4 is 5.73 Å². The second-order valence-electron chi connectivity index (χ2n) is 7.59.